The number of methoxy groups -OCH3 is 1. The van der Waals surface area contributed by atoms with Gasteiger partial charge in [0, 0.05) is 11.1 Å². The lowest BCUT2D eigenvalue weighted by Crippen LogP contribution is -2.13. The molecule has 0 bridgehead atoms. The molecule has 0 saturated carbocycles. The van der Waals surface area contributed by atoms with Crippen LogP contribution in [0.25, 0.3) is 11.4 Å². The standard InChI is InChI=1S/C19H20N4O2/c1-3-5-14-8-10-15(11-9-14)18(24)13-23-21-19(20-22-23)16-6-4-7-17(12-16)25-2/h4,6-12H,3,5,13H2,1-2H3. The molecule has 0 fully saturated rings. The summed E-state index contributed by atoms with van der Waals surface area (Å²) < 4.78 is 5.20. The average Bonchev–Trinajstić information content (AvgIpc) is 3.11. The van der Waals surface area contributed by atoms with Gasteiger partial charge in [0.2, 0.25) is 5.82 Å². The fourth-order valence-corrected chi connectivity index (χ4v) is 2.55. The van der Waals surface area contributed by atoms with Gasteiger partial charge in [-0.3, -0.25) is 4.79 Å². The Morgan fingerprint density at radius 3 is 2.68 bits per heavy atom. The van der Waals surface area contributed by atoms with Gasteiger partial charge in [-0.25, -0.2) is 0 Å². The molecule has 0 aliphatic carbocycles. The normalized spacial score (nSPS) is 10.6. The number of tetrazole rings is 1. The van der Waals surface area contributed by atoms with Gasteiger partial charge in [-0.2, -0.15) is 4.80 Å². The number of ether oxygens (including phenoxy) is 1. The minimum absolute atomic E-state index is 0.0439. The van der Waals surface area contributed by atoms with E-state index < -0.39 is 0 Å². The summed E-state index contributed by atoms with van der Waals surface area (Å²) in [5.41, 5.74) is 2.68. The van der Waals surface area contributed by atoms with Crippen molar-refractivity contribution in [2.45, 2.75) is 26.3 Å². The van der Waals surface area contributed by atoms with Gasteiger partial charge in [0.1, 0.15) is 12.3 Å². The Kier molecular flexibility index (Phi) is 5.18. The van der Waals surface area contributed by atoms with Gasteiger partial charge in [0.25, 0.3) is 0 Å². The molecule has 0 spiro atoms. The Morgan fingerprint density at radius 2 is 1.96 bits per heavy atom. The highest BCUT2D eigenvalue weighted by atomic mass is 16.5. The summed E-state index contributed by atoms with van der Waals surface area (Å²) in [6.45, 7) is 2.19. The van der Waals surface area contributed by atoms with Crippen molar-refractivity contribution in [3.8, 4) is 17.1 Å². The Bertz CT molecular complexity index is 856. The first kappa shape index (κ1) is 16.8. The summed E-state index contributed by atoms with van der Waals surface area (Å²) in [6, 6.07) is 15.1. The van der Waals surface area contributed by atoms with Crippen LogP contribution in [0, 0.1) is 0 Å². The Balaban J connectivity index is 1.71. The first-order valence-electron chi connectivity index (χ1n) is 8.24. The van der Waals surface area contributed by atoms with E-state index in [9.17, 15) is 4.79 Å². The molecule has 25 heavy (non-hydrogen) atoms. The second kappa shape index (κ2) is 7.70. The van der Waals surface area contributed by atoms with E-state index in [0.29, 0.717) is 11.4 Å². The van der Waals surface area contributed by atoms with Crippen LogP contribution in [0.5, 0.6) is 5.75 Å². The number of hydrogen-bond donors (Lipinski definition) is 0. The van der Waals surface area contributed by atoms with Gasteiger partial charge < -0.3 is 4.74 Å². The molecule has 0 atom stereocenters. The minimum atomic E-state index is -0.0439. The van der Waals surface area contributed by atoms with E-state index in [4.69, 9.17) is 4.74 Å². The van der Waals surface area contributed by atoms with Crippen LogP contribution in [0.1, 0.15) is 29.3 Å². The molecule has 0 aliphatic rings. The second-order valence-electron chi connectivity index (χ2n) is 5.75. The third-order valence-corrected chi connectivity index (χ3v) is 3.88. The number of carbonyl (C=O) groups excluding carboxylic acids is 1. The van der Waals surface area contributed by atoms with Crippen LogP contribution in [0.15, 0.2) is 48.5 Å². The number of aromatic nitrogens is 4. The molecule has 6 nitrogen and oxygen atoms in total. The molecular weight excluding hydrogens is 316 g/mol. The van der Waals surface area contributed by atoms with E-state index >= 15 is 0 Å². The molecule has 6 heteroatoms. The molecule has 3 rings (SSSR count). The predicted octanol–water partition coefficient (Wildman–Crippen LogP) is 3.18. The Hall–Kier alpha value is -3.02. The quantitative estimate of drug-likeness (QED) is 0.620. The summed E-state index contributed by atoms with van der Waals surface area (Å²) >= 11 is 0. The van der Waals surface area contributed by atoms with Crippen molar-refractivity contribution in [3.63, 3.8) is 0 Å². The fourth-order valence-electron chi connectivity index (χ4n) is 2.55. The second-order valence-corrected chi connectivity index (χ2v) is 5.75. The molecule has 3 aromatic rings. The van der Waals surface area contributed by atoms with Crippen molar-refractivity contribution >= 4 is 5.78 Å². The van der Waals surface area contributed by atoms with Crippen LogP contribution >= 0.6 is 0 Å². The summed E-state index contributed by atoms with van der Waals surface area (Å²) in [4.78, 5) is 13.7. The summed E-state index contributed by atoms with van der Waals surface area (Å²) in [5, 5.41) is 12.3. The summed E-state index contributed by atoms with van der Waals surface area (Å²) in [6.07, 6.45) is 2.10. The highest BCUT2D eigenvalue weighted by Crippen LogP contribution is 2.19. The smallest absolute Gasteiger partial charge is 0.205 e. The predicted molar refractivity (Wildman–Crippen MR) is 94.6 cm³/mol. The summed E-state index contributed by atoms with van der Waals surface area (Å²) in [5.74, 6) is 1.14. The highest BCUT2D eigenvalue weighted by molar-refractivity contribution is 5.95. The maximum atomic E-state index is 12.4. The molecule has 0 aliphatic heterocycles. The van der Waals surface area contributed by atoms with Crippen LogP contribution in [0.2, 0.25) is 0 Å². The first-order valence-corrected chi connectivity index (χ1v) is 8.24. The molecule has 2 aromatic carbocycles. The number of nitrogens with zero attached hydrogens (tertiary/aromatic N) is 4. The maximum Gasteiger partial charge on any atom is 0.205 e. The molecule has 0 saturated heterocycles. The van der Waals surface area contributed by atoms with Crippen molar-refractivity contribution in [2.75, 3.05) is 7.11 Å². The minimum Gasteiger partial charge on any atom is -0.497 e. The largest absolute Gasteiger partial charge is 0.497 e. The Labute approximate surface area is 146 Å². The maximum absolute atomic E-state index is 12.4. The number of carbonyl (C=O) groups is 1. The van der Waals surface area contributed by atoms with Crippen LogP contribution in [0.3, 0.4) is 0 Å². The fraction of sp³-hybridized carbons (Fsp3) is 0.263. The molecule has 128 valence electrons. The van der Waals surface area contributed by atoms with Gasteiger partial charge in [-0.15, -0.1) is 10.2 Å². The Morgan fingerprint density at radius 1 is 1.16 bits per heavy atom. The van der Waals surface area contributed by atoms with Crippen molar-refractivity contribution < 1.29 is 9.53 Å². The number of ketones is 1. The lowest BCUT2D eigenvalue weighted by molar-refractivity contribution is 0.0961. The zero-order valence-electron chi connectivity index (χ0n) is 14.3. The van der Waals surface area contributed by atoms with Crippen LogP contribution < -0.4 is 4.74 Å². The zero-order chi connectivity index (χ0) is 17.6. The van der Waals surface area contributed by atoms with Gasteiger partial charge >= 0.3 is 0 Å². The molecule has 1 heterocycles. The van der Waals surface area contributed by atoms with Crippen LogP contribution in [-0.2, 0) is 13.0 Å². The SMILES string of the molecule is CCCc1ccc(C(=O)Cn2nnc(-c3cccc(OC)c3)n2)cc1. The highest BCUT2D eigenvalue weighted by Gasteiger charge is 2.11. The van der Waals surface area contributed by atoms with Gasteiger partial charge in [0.15, 0.2) is 5.78 Å². The number of rotatable bonds is 7. The van der Waals surface area contributed by atoms with Crippen LogP contribution in [0.4, 0.5) is 0 Å². The van der Waals surface area contributed by atoms with Crippen molar-refractivity contribution in [3.05, 3.63) is 59.7 Å². The monoisotopic (exact) mass is 336 g/mol. The zero-order valence-corrected chi connectivity index (χ0v) is 14.3. The molecule has 0 radical (unpaired) electrons. The lowest BCUT2D eigenvalue weighted by Gasteiger charge is -2.02. The molecule has 0 amide bonds. The number of Topliss-reactive ketones (excluding diaryl/α,β-unsaturated/α-hetero) is 1. The molecule has 1 aromatic heterocycles. The van der Waals surface area contributed by atoms with E-state index in [1.54, 1.807) is 7.11 Å². The number of hydrogen-bond acceptors (Lipinski definition) is 5. The van der Waals surface area contributed by atoms with Crippen molar-refractivity contribution in [1.82, 2.24) is 20.2 Å². The van der Waals surface area contributed by atoms with Gasteiger partial charge in [0.05, 0.1) is 7.11 Å². The van der Waals surface area contributed by atoms with Gasteiger partial charge in [-0.05, 0) is 29.3 Å². The van der Waals surface area contributed by atoms with Gasteiger partial charge in [-0.1, -0.05) is 49.7 Å². The van der Waals surface area contributed by atoms with E-state index in [1.807, 2.05) is 48.5 Å². The molecule has 0 unspecified atom stereocenters. The topological polar surface area (TPSA) is 69.9 Å². The van der Waals surface area contributed by atoms with Crippen molar-refractivity contribution in [2.24, 2.45) is 0 Å². The van der Waals surface area contributed by atoms with Crippen molar-refractivity contribution in [1.29, 1.82) is 0 Å². The number of benzene rings is 2. The van der Waals surface area contributed by atoms with E-state index in [-0.39, 0.29) is 12.3 Å². The van der Waals surface area contributed by atoms with Crippen LogP contribution in [-0.4, -0.2) is 33.1 Å². The lowest BCUT2D eigenvalue weighted by atomic mass is 10.1. The molecular formula is C19H20N4O2. The third-order valence-electron chi connectivity index (χ3n) is 3.88. The first-order chi connectivity index (χ1) is 12.2. The third kappa shape index (κ3) is 4.09. The van der Waals surface area contributed by atoms with E-state index in [0.717, 1.165) is 24.2 Å². The van der Waals surface area contributed by atoms with E-state index in [2.05, 4.69) is 22.3 Å². The number of aryl methyl sites for hydroxylation is 1. The van der Waals surface area contributed by atoms with E-state index in [1.165, 1.54) is 10.4 Å². The molecule has 0 N–H and O–H groups in total. The summed E-state index contributed by atoms with van der Waals surface area (Å²) in [7, 11) is 1.61. The average molecular weight is 336 g/mol.